The monoisotopic (exact) mass is 383 g/mol. The van der Waals surface area contributed by atoms with Gasteiger partial charge in [0.15, 0.2) is 5.13 Å². The van der Waals surface area contributed by atoms with Crippen LogP contribution in [0.25, 0.3) is 0 Å². The number of rotatable bonds is 4. The summed E-state index contributed by atoms with van der Waals surface area (Å²) in [4.78, 5) is 16.5. The molecular formula is C17H20F3N5S. The van der Waals surface area contributed by atoms with Gasteiger partial charge in [0.05, 0.1) is 5.69 Å². The van der Waals surface area contributed by atoms with E-state index < -0.39 is 11.9 Å². The number of hydrogen-bond donors (Lipinski definition) is 0. The number of anilines is 2. The molecule has 1 saturated carbocycles. The zero-order valence-electron chi connectivity index (χ0n) is 14.4. The molecule has 5 nitrogen and oxygen atoms in total. The highest BCUT2D eigenvalue weighted by Crippen LogP contribution is 2.37. The maximum Gasteiger partial charge on any atom is 0.433 e. The second kappa shape index (κ2) is 6.68. The summed E-state index contributed by atoms with van der Waals surface area (Å²) in [6, 6.07) is 1.59. The van der Waals surface area contributed by atoms with Gasteiger partial charge in [-0.2, -0.15) is 13.2 Å². The lowest BCUT2D eigenvalue weighted by Gasteiger charge is -2.39. The number of thiazole rings is 1. The van der Waals surface area contributed by atoms with Crippen molar-refractivity contribution in [3.63, 3.8) is 0 Å². The fourth-order valence-electron chi connectivity index (χ4n) is 3.49. The average molecular weight is 383 g/mol. The third kappa shape index (κ3) is 3.62. The van der Waals surface area contributed by atoms with E-state index in [0.29, 0.717) is 11.9 Å². The average Bonchev–Trinajstić information content (AvgIpc) is 3.35. The van der Waals surface area contributed by atoms with Crippen molar-refractivity contribution in [1.82, 2.24) is 15.0 Å². The van der Waals surface area contributed by atoms with Gasteiger partial charge in [-0.05, 0) is 32.6 Å². The molecule has 0 atom stereocenters. The fraction of sp³-hybridized carbons (Fsp3) is 0.588. The SMILES string of the molecule is Cc1csc(N2CCC(N(c3cc(C(F)(F)F)ncn3)C3CC3)CC2)n1. The summed E-state index contributed by atoms with van der Waals surface area (Å²) in [5.41, 5.74) is 0.149. The first-order valence-electron chi connectivity index (χ1n) is 8.76. The maximum atomic E-state index is 13.0. The van der Waals surface area contributed by atoms with Crippen molar-refractivity contribution in [2.24, 2.45) is 0 Å². The van der Waals surface area contributed by atoms with Crippen molar-refractivity contribution in [1.29, 1.82) is 0 Å². The number of piperidine rings is 1. The molecule has 4 rings (SSSR count). The highest BCUT2D eigenvalue weighted by molar-refractivity contribution is 7.13. The Balaban J connectivity index is 1.50. The molecule has 1 saturated heterocycles. The Morgan fingerprint density at radius 1 is 1.12 bits per heavy atom. The van der Waals surface area contributed by atoms with Gasteiger partial charge in [0.25, 0.3) is 0 Å². The zero-order valence-corrected chi connectivity index (χ0v) is 15.2. The molecule has 2 fully saturated rings. The molecule has 140 valence electrons. The van der Waals surface area contributed by atoms with Crippen LogP contribution >= 0.6 is 11.3 Å². The molecule has 0 unspecified atom stereocenters. The first-order chi connectivity index (χ1) is 12.4. The second-order valence-corrected chi connectivity index (χ2v) is 7.72. The van der Waals surface area contributed by atoms with Gasteiger partial charge in [-0.25, -0.2) is 15.0 Å². The van der Waals surface area contributed by atoms with Crippen molar-refractivity contribution in [3.8, 4) is 0 Å². The highest BCUT2D eigenvalue weighted by atomic mass is 32.1. The van der Waals surface area contributed by atoms with E-state index >= 15 is 0 Å². The number of hydrogen-bond acceptors (Lipinski definition) is 6. The van der Waals surface area contributed by atoms with Crippen molar-refractivity contribution >= 4 is 22.3 Å². The molecule has 0 aromatic carbocycles. The summed E-state index contributed by atoms with van der Waals surface area (Å²) in [5.74, 6) is 0.401. The first-order valence-corrected chi connectivity index (χ1v) is 9.64. The van der Waals surface area contributed by atoms with E-state index in [2.05, 4.69) is 24.8 Å². The van der Waals surface area contributed by atoms with Gasteiger partial charge >= 0.3 is 6.18 Å². The Bertz CT molecular complexity index is 766. The van der Waals surface area contributed by atoms with E-state index in [-0.39, 0.29) is 6.04 Å². The molecule has 1 aliphatic heterocycles. The van der Waals surface area contributed by atoms with Gasteiger partial charge in [0.1, 0.15) is 17.8 Å². The molecule has 2 aliphatic rings. The molecule has 9 heteroatoms. The summed E-state index contributed by atoms with van der Waals surface area (Å²) in [6.07, 6.45) is 0.384. The van der Waals surface area contributed by atoms with E-state index in [1.165, 1.54) is 0 Å². The van der Waals surface area contributed by atoms with Crippen LogP contribution in [0, 0.1) is 6.92 Å². The molecule has 0 bridgehead atoms. The van der Waals surface area contributed by atoms with E-state index in [9.17, 15) is 13.2 Å². The molecule has 3 heterocycles. The molecule has 2 aromatic heterocycles. The smallest absolute Gasteiger partial charge is 0.350 e. The van der Waals surface area contributed by atoms with Crippen LogP contribution in [0.1, 0.15) is 37.1 Å². The largest absolute Gasteiger partial charge is 0.433 e. The van der Waals surface area contributed by atoms with Crippen LogP contribution in [0.2, 0.25) is 0 Å². The molecular weight excluding hydrogens is 363 g/mol. The third-order valence-electron chi connectivity index (χ3n) is 4.88. The van der Waals surface area contributed by atoms with Gasteiger partial charge < -0.3 is 9.80 Å². The number of nitrogens with zero attached hydrogens (tertiary/aromatic N) is 5. The van der Waals surface area contributed by atoms with Gasteiger partial charge in [-0.1, -0.05) is 0 Å². The first kappa shape index (κ1) is 17.5. The van der Waals surface area contributed by atoms with Crippen LogP contribution in [0.15, 0.2) is 17.8 Å². The van der Waals surface area contributed by atoms with Crippen molar-refractivity contribution in [3.05, 3.63) is 29.2 Å². The third-order valence-corrected chi connectivity index (χ3v) is 5.90. The minimum Gasteiger partial charge on any atom is -0.350 e. The summed E-state index contributed by atoms with van der Waals surface area (Å²) >= 11 is 1.64. The van der Waals surface area contributed by atoms with Crippen LogP contribution in [0.4, 0.5) is 24.1 Å². The van der Waals surface area contributed by atoms with Gasteiger partial charge in [0, 0.05) is 36.6 Å². The number of alkyl halides is 3. The molecule has 0 amide bonds. The molecule has 2 aromatic rings. The standard InChI is InChI=1S/C17H20F3N5S/c1-11-9-26-16(23-11)24-6-4-13(5-7-24)25(12-2-3-12)15-8-14(17(18,19)20)21-10-22-15/h8-10,12-13H,2-7H2,1H3. The predicted octanol–water partition coefficient (Wildman–Crippen LogP) is 3.90. The van der Waals surface area contributed by atoms with Crippen molar-refractivity contribution in [2.75, 3.05) is 22.9 Å². The number of aromatic nitrogens is 3. The Kier molecular flexibility index (Phi) is 4.50. The molecule has 1 aliphatic carbocycles. The van der Waals surface area contributed by atoms with E-state index in [1.807, 2.05) is 12.3 Å². The summed E-state index contributed by atoms with van der Waals surface area (Å²) in [5, 5.41) is 3.07. The molecule has 0 radical (unpaired) electrons. The molecule has 26 heavy (non-hydrogen) atoms. The van der Waals surface area contributed by atoms with E-state index in [4.69, 9.17) is 0 Å². The minimum atomic E-state index is -4.45. The lowest BCUT2D eigenvalue weighted by atomic mass is 10.0. The highest BCUT2D eigenvalue weighted by Gasteiger charge is 2.39. The molecule has 0 spiro atoms. The van der Waals surface area contributed by atoms with E-state index in [0.717, 1.165) is 62.0 Å². The number of halogens is 3. The van der Waals surface area contributed by atoms with Gasteiger partial charge in [-0.15, -0.1) is 11.3 Å². The Hall–Kier alpha value is -1.90. The van der Waals surface area contributed by atoms with Crippen LogP contribution in [0.3, 0.4) is 0 Å². The second-order valence-electron chi connectivity index (χ2n) is 6.89. The fourth-order valence-corrected chi connectivity index (χ4v) is 4.35. The zero-order chi connectivity index (χ0) is 18.3. The van der Waals surface area contributed by atoms with Gasteiger partial charge in [0.2, 0.25) is 0 Å². The molecule has 0 N–H and O–H groups in total. The van der Waals surface area contributed by atoms with Crippen LogP contribution in [-0.4, -0.2) is 40.1 Å². The quantitative estimate of drug-likeness (QED) is 0.801. The predicted molar refractivity (Wildman–Crippen MR) is 94.6 cm³/mol. The summed E-state index contributed by atoms with van der Waals surface area (Å²) in [6.45, 7) is 3.70. The lowest BCUT2D eigenvalue weighted by molar-refractivity contribution is -0.141. The summed E-state index contributed by atoms with van der Waals surface area (Å²) in [7, 11) is 0. The lowest BCUT2D eigenvalue weighted by Crippen LogP contribution is -2.46. The Labute approximate surface area is 153 Å². The van der Waals surface area contributed by atoms with Crippen LogP contribution in [-0.2, 0) is 6.18 Å². The number of aryl methyl sites for hydroxylation is 1. The van der Waals surface area contributed by atoms with Crippen molar-refractivity contribution in [2.45, 2.75) is 50.9 Å². The topological polar surface area (TPSA) is 45.2 Å². The Morgan fingerprint density at radius 2 is 1.81 bits per heavy atom. The van der Waals surface area contributed by atoms with Crippen molar-refractivity contribution < 1.29 is 13.2 Å². The minimum absolute atomic E-state index is 0.204. The summed E-state index contributed by atoms with van der Waals surface area (Å²) < 4.78 is 39.0. The van der Waals surface area contributed by atoms with Gasteiger partial charge in [-0.3, -0.25) is 0 Å². The van der Waals surface area contributed by atoms with Crippen LogP contribution in [0.5, 0.6) is 0 Å². The van der Waals surface area contributed by atoms with E-state index in [1.54, 1.807) is 11.3 Å². The Morgan fingerprint density at radius 3 is 2.38 bits per heavy atom. The van der Waals surface area contributed by atoms with Crippen LogP contribution < -0.4 is 9.80 Å². The maximum absolute atomic E-state index is 13.0. The normalized spacial score (nSPS) is 19.0.